The predicted octanol–water partition coefficient (Wildman–Crippen LogP) is 2.29. The van der Waals surface area contributed by atoms with Gasteiger partial charge in [0.15, 0.2) is 17.6 Å². The molecule has 188 valence electrons. The molecule has 1 amide bonds. The molecule has 1 unspecified atom stereocenters. The van der Waals surface area contributed by atoms with E-state index >= 15 is 0 Å². The predicted molar refractivity (Wildman–Crippen MR) is 127 cm³/mol. The summed E-state index contributed by atoms with van der Waals surface area (Å²) in [4.78, 5) is 29.7. The van der Waals surface area contributed by atoms with Crippen LogP contribution in [-0.4, -0.2) is 63.9 Å². The number of carbonyl (C=O) groups is 2. The molecule has 2 aromatic rings. The molecule has 11 nitrogen and oxygen atoms in total. The van der Waals surface area contributed by atoms with Crippen molar-refractivity contribution in [3.05, 3.63) is 47.5 Å². The summed E-state index contributed by atoms with van der Waals surface area (Å²) in [6.07, 6.45) is -1.15. The lowest BCUT2D eigenvalue weighted by Gasteiger charge is -2.16. The number of benzene rings is 2. The van der Waals surface area contributed by atoms with Gasteiger partial charge in [0.25, 0.3) is 5.91 Å². The van der Waals surface area contributed by atoms with Crippen molar-refractivity contribution in [3.8, 4) is 11.5 Å². The van der Waals surface area contributed by atoms with E-state index in [-0.39, 0.29) is 11.7 Å². The van der Waals surface area contributed by atoms with Gasteiger partial charge in [0.2, 0.25) is 23.4 Å². The van der Waals surface area contributed by atoms with Gasteiger partial charge in [0.1, 0.15) is 0 Å². The minimum absolute atomic E-state index is 0.0251. The van der Waals surface area contributed by atoms with E-state index in [1.54, 1.807) is 38.1 Å². The number of rotatable bonds is 9. The summed E-state index contributed by atoms with van der Waals surface area (Å²) < 4.78 is 41.5. The molecule has 2 aromatic carbocycles. The van der Waals surface area contributed by atoms with Gasteiger partial charge in [-0.05, 0) is 56.7 Å². The number of oxime groups is 1. The minimum atomic E-state index is -3.68. The van der Waals surface area contributed by atoms with E-state index in [0.717, 1.165) is 9.87 Å². The molecule has 0 aromatic heterocycles. The molecular formula is C23H27N3O8S. The highest BCUT2D eigenvalue weighted by Gasteiger charge is 2.22. The molecule has 1 aliphatic rings. The average Bonchev–Trinajstić information content (AvgIpc) is 3.28. The van der Waals surface area contributed by atoms with Crippen molar-refractivity contribution < 1.29 is 37.1 Å². The van der Waals surface area contributed by atoms with Gasteiger partial charge in [-0.15, -0.1) is 0 Å². The number of ether oxygens (including phenoxy) is 3. The van der Waals surface area contributed by atoms with Crippen LogP contribution in [0.4, 0.5) is 5.69 Å². The third kappa shape index (κ3) is 6.28. The molecule has 0 spiro atoms. The maximum absolute atomic E-state index is 12.5. The summed E-state index contributed by atoms with van der Waals surface area (Å²) in [5.74, 6) is -0.188. The molecule has 35 heavy (non-hydrogen) atoms. The third-order valence-electron chi connectivity index (χ3n) is 5.10. The molecule has 0 aliphatic carbocycles. The monoisotopic (exact) mass is 505 g/mol. The largest absolute Gasteiger partial charge is 0.454 e. The number of nitrogens with zero attached hydrogens (tertiary/aromatic N) is 2. The highest BCUT2D eigenvalue weighted by atomic mass is 32.2. The fourth-order valence-corrected chi connectivity index (χ4v) is 3.91. The van der Waals surface area contributed by atoms with Crippen LogP contribution in [0.15, 0.2) is 46.4 Å². The van der Waals surface area contributed by atoms with Crippen molar-refractivity contribution in [3.63, 3.8) is 0 Å². The molecule has 1 atom stereocenters. The highest BCUT2D eigenvalue weighted by molar-refractivity contribution is 7.89. The van der Waals surface area contributed by atoms with Crippen LogP contribution >= 0.6 is 0 Å². The first-order chi connectivity index (χ1) is 16.5. The lowest BCUT2D eigenvalue weighted by atomic mass is 10.1. The number of amides is 1. The minimum Gasteiger partial charge on any atom is -0.454 e. The lowest BCUT2D eigenvalue weighted by Crippen LogP contribution is -2.31. The van der Waals surface area contributed by atoms with Gasteiger partial charge >= 0.3 is 5.97 Å². The standard InChI is InChI=1S/C23H27N3O8S/c1-14-6-8-18(35(29,30)26(4)5)11-19(14)24-23(28)16(3)34-22(27)12-33-25-15(2)17-7-9-20-21(10-17)32-13-31-20/h6-11,16H,12-13H2,1-5H3,(H,24,28). The molecule has 1 heterocycles. The van der Waals surface area contributed by atoms with Gasteiger partial charge in [-0.25, -0.2) is 17.5 Å². The first kappa shape index (κ1) is 26.0. The maximum Gasteiger partial charge on any atom is 0.347 e. The van der Waals surface area contributed by atoms with Crippen LogP contribution in [-0.2, 0) is 29.2 Å². The average molecular weight is 506 g/mol. The fraction of sp³-hybridized carbons (Fsp3) is 0.348. The molecule has 0 fully saturated rings. The normalized spacial score (nSPS) is 13.9. The van der Waals surface area contributed by atoms with Gasteiger partial charge in [0.05, 0.1) is 10.6 Å². The zero-order chi connectivity index (χ0) is 25.8. The van der Waals surface area contributed by atoms with Crippen molar-refractivity contribution in [1.82, 2.24) is 4.31 Å². The van der Waals surface area contributed by atoms with E-state index in [2.05, 4.69) is 10.5 Å². The Morgan fingerprint density at radius 1 is 1.14 bits per heavy atom. The zero-order valence-electron chi connectivity index (χ0n) is 20.0. The molecule has 12 heteroatoms. The van der Waals surface area contributed by atoms with Crippen LogP contribution in [0.1, 0.15) is 25.0 Å². The number of fused-ring (bicyclic) bond motifs is 1. The van der Waals surface area contributed by atoms with Crippen molar-refractivity contribution in [2.45, 2.75) is 31.8 Å². The van der Waals surface area contributed by atoms with Crippen molar-refractivity contribution in [1.29, 1.82) is 0 Å². The molecule has 0 saturated carbocycles. The number of hydrogen-bond acceptors (Lipinski definition) is 9. The van der Waals surface area contributed by atoms with E-state index in [1.807, 2.05) is 0 Å². The Kier molecular flexibility index (Phi) is 7.97. The Labute approximate surface area is 203 Å². The number of anilines is 1. The number of esters is 1. The van der Waals surface area contributed by atoms with E-state index in [9.17, 15) is 18.0 Å². The van der Waals surface area contributed by atoms with Crippen LogP contribution < -0.4 is 14.8 Å². The summed E-state index contributed by atoms with van der Waals surface area (Å²) in [6, 6.07) is 9.66. The third-order valence-corrected chi connectivity index (χ3v) is 6.91. The highest BCUT2D eigenvalue weighted by Crippen LogP contribution is 2.32. The van der Waals surface area contributed by atoms with Gasteiger partial charge in [-0.3, -0.25) is 4.79 Å². The molecule has 3 rings (SSSR count). The van der Waals surface area contributed by atoms with Crippen molar-refractivity contribution >= 4 is 33.3 Å². The van der Waals surface area contributed by atoms with E-state index in [4.69, 9.17) is 19.0 Å². The number of carbonyl (C=O) groups excluding carboxylic acids is 2. The second-order valence-corrected chi connectivity index (χ2v) is 10.1. The summed E-state index contributed by atoms with van der Waals surface area (Å²) >= 11 is 0. The number of hydrogen-bond donors (Lipinski definition) is 1. The molecule has 0 saturated heterocycles. The summed E-state index contributed by atoms with van der Waals surface area (Å²) in [6.45, 7) is 4.46. The van der Waals surface area contributed by atoms with Crippen molar-refractivity contribution in [2.75, 3.05) is 32.8 Å². The number of aryl methyl sites for hydroxylation is 1. The Bertz CT molecular complexity index is 1260. The van der Waals surface area contributed by atoms with Gasteiger partial charge < -0.3 is 24.4 Å². The summed E-state index contributed by atoms with van der Waals surface area (Å²) in [7, 11) is -0.848. The Hall–Kier alpha value is -3.64. The molecular weight excluding hydrogens is 478 g/mol. The summed E-state index contributed by atoms with van der Waals surface area (Å²) in [5, 5.41) is 6.49. The van der Waals surface area contributed by atoms with E-state index in [0.29, 0.717) is 28.5 Å². The second-order valence-electron chi connectivity index (χ2n) is 7.90. The first-order valence-corrected chi connectivity index (χ1v) is 12.0. The Morgan fingerprint density at radius 3 is 2.57 bits per heavy atom. The fourth-order valence-electron chi connectivity index (χ4n) is 2.98. The van der Waals surface area contributed by atoms with Crippen LogP contribution in [0.5, 0.6) is 11.5 Å². The molecule has 1 N–H and O–H groups in total. The molecule has 1 aliphatic heterocycles. The maximum atomic E-state index is 12.5. The molecule has 0 bridgehead atoms. The Morgan fingerprint density at radius 2 is 1.86 bits per heavy atom. The lowest BCUT2D eigenvalue weighted by molar-refractivity contribution is -0.157. The smallest absolute Gasteiger partial charge is 0.347 e. The van der Waals surface area contributed by atoms with Crippen LogP contribution in [0.25, 0.3) is 0 Å². The van der Waals surface area contributed by atoms with Gasteiger partial charge in [0, 0.05) is 25.3 Å². The SMILES string of the molecule is CC(=NOCC(=O)OC(C)C(=O)Nc1cc(S(=O)(=O)N(C)C)ccc1C)c1ccc2c(c1)OCO2. The number of nitrogens with one attached hydrogen (secondary N) is 1. The topological polar surface area (TPSA) is 133 Å². The first-order valence-electron chi connectivity index (χ1n) is 10.6. The van der Waals surface area contributed by atoms with Gasteiger partial charge in [-0.2, -0.15) is 0 Å². The van der Waals surface area contributed by atoms with E-state index < -0.39 is 34.6 Å². The zero-order valence-corrected chi connectivity index (χ0v) is 20.8. The Balaban J connectivity index is 1.54. The van der Waals surface area contributed by atoms with E-state index in [1.165, 1.54) is 33.2 Å². The second kappa shape index (κ2) is 10.7. The van der Waals surface area contributed by atoms with Crippen molar-refractivity contribution in [2.24, 2.45) is 5.16 Å². The van der Waals surface area contributed by atoms with Crippen LogP contribution in [0.2, 0.25) is 0 Å². The van der Waals surface area contributed by atoms with Crippen LogP contribution in [0.3, 0.4) is 0 Å². The number of sulfonamides is 1. The van der Waals surface area contributed by atoms with Crippen LogP contribution in [0, 0.1) is 6.92 Å². The van der Waals surface area contributed by atoms with Gasteiger partial charge in [-0.1, -0.05) is 11.2 Å². The summed E-state index contributed by atoms with van der Waals surface area (Å²) in [5.41, 5.74) is 2.17. The quantitative estimate of drug-likeness (QED) is 0.312. The molecule has 0 radical (unpaired) electrons.